The van der Waals surface area contributed by atoms with Gasteiger partial charge in [0.2, 0.25) is 0 Å². The third-order valence-electron chi connectivity index (χ3n) is 4.57. The molecule has 1 aromatic heterocycles. The minimum Gasteiger partial charge on any atom is -0.390 e. The first-order valence-corrected chi connectivity index (χ1v) is 8.54. The Morgan fingerprint density at radius 2 is 2.29 bits per heavy atom. The first-order chi connectivity index (χ1) is 11.4. The summed E-state index contributed by atoms with van der Waals surface area (Å²) in [6, 6.07) is 7.83. The van der Waals surface area contributed by atoms with Crippen LogP contribution in [0, 0.1) is 0 Å². The third-order valence-corrected chi connectivity index (χ3v) is 4.57. The summed E-state index contributed by atoms with van der Waals surface area (Å²) in [5, 5.41) is 20.1. The van der Waals surface area contributed by atoms with Crippen LogP contribution in [-0.4, -0.2) is 32.9 Å². The number of rotatable bonds is 5. The van der Waals surface area contributed by atoms with Gasteiger partial charge in [0.15, 0.2) is 0 Å². The molecule has 3 N–H and O–H groups in total. The standard InChI is InChI=1S/C19H25N3O2/c1-19(2,24)9-8-13-4-3-5-14(10-13)18(23)21-16-6-7-17-15(11-16)12-20-22-17/h3-5,10,12,16,24H,6-9,11H2,1-2H3,(H,20,22)(H,21,23)/t16-/m1/s1. The molecule has 2 aromatic rings. The van der Waals surface area contributed by atoms with Crippen LogP contribution in [0.2, 0.25) is 0 Å². The number of nitrogens with zero attached hydrogens (tertiary/aromatic N) is 1. The van der Waals surface area contributed by atoms with Gasteiger partial charge < -0.3 is 10.4 Å². The molecule has 0 fully saturated rings. The molecule has 0 radical (unpaired) electrons. The lowest BCUT2D eigenvalue weighted by molar-refractivity contribution is 0.0714. The monoisotopic (exact) mass is 327 g/mol. The quantitative estimate of drug-likeness (QED) is 0.789. The number of hydrogen-bond donors (Lipinski definition) is 3. The molecule has 1 amide bonds. The van der Waals surface area contributed by atoms with Gasteiger partial charge in [-0.05, 0) is 69.2 Å². The summed E-state index contributed by atoms with van der Waals surface area (Å²) in [7, 11) is 0. The maximum Gasteiger partial charge on any atom is 0.251 e. The summed E-state index contributed by atoms with van der Waals surface area (Å²) in [4.78, 5) is 12.5. The molecule has 1 heterocycles. The number of amides is 1. The number of aryl methyl sites for hydroxylation is 2. The van der Waals surface area contributed by atoms with E-state index in [0.29, 0.717) is 12.0 Å². The first-order valence-electron chi connectivity index (χ1n) is 8.54. The van der Waals surface area contributed by atoms with E-state index in [-0.39, 0.29) is 11.9 Å². The van der Waals surface area contributed by atoms with Gasteiger partial charge in [-0.1, -0.05) is 12.1 Å². The van der Waals surface area contributed by atoms with Crippen molar-refractivity contribution in [1.29, 1.82) is 0 Å². The topological polar surface area (TPSA) is 78.0 Å². The molecule has 1 aromatic carbocycles. The summed E-state index contributed by atoms with van der Waals surface area (Å²) in [5.41, 5.74) is 3.45. The smallest absolute Gasteiger partial charge is 0.251 e. The summed E-state index contributed by atoms with van der Waals surface area (Å²) >= 11 is 0. The maximum atomic E-state index is 12.5. The van der Waals surface area contributed by atoms with E-state index in [1.165, 1.54) is 11.3 Å². The van der Waals surface area contributed by atoms with Crippen LogP contribution >= 0.6 is 0 Å². The normalized spacial score (nSPS) is 17.4. The van der Waals surface area contributed by atoms with E-state index in [1.54, 1.807) is 13.8 Å². The molecule has 5 heteroatoms. The molecule has 0 bridgehead atoms. The fraction of sp³-hybridized carbons (Fsp3) is 0.474. The van der Waals surface area contributed by atoms with Crippen molar-refractivity contribution in [2.75, 3.05) is 0 Å². The van der Waals surface area contributed by atoms with Crippen molar-refractivity contribution in [1.82, 2.24) is 15.5 Å². The van der Waals surface area contributed by atoms with Crippen LogP contribution in [0.1, 0.15) is 53.9 Å². The molecule has 0 saturated heterocycles. The van der Waals surface area contributed by atoms with Crippen molar-refractivity contribution in [2.24, 2.45) is 0 Å². The Bertz CT molecular complexity index is 715. The molecule has 1 aliphatic rings. The maximum absolute atomic E-state index is 12.5. The van der Waals surface area contributed by atoms with Crippen molar-refractivity contribution in [3.05, 3.63) is 52.8 Å². The highest BCUT2D eigenvalue weighted by molar-refractivity contribution is 5.94. The number of H-pyrrole nitrogens is 1. The Kier molecular flexibility index (Phi) is 4.71. The second kappa shape index (κ2) is 6.77. The number of aliphatic hydroxyl groups is 1. The fourth-order valence-corrected chi connectivity index (χ4v) is 3.13. The number of benzene rings is 1. The second-order valence-electron chi connectivity index (χ2n) is 7.30. The van der Waals surface area contributed by atoms with Gasteiger partial charge in [0.1, 0.15) is 0 Å². The lowest BCUT2D eigenvalue weighted by Gasteiger charge is -2.23. The van der Waals surface area contributed by atoms with Crippen LogP contribution < -0.4 is 5.32 Å². The van der Waals surface area contributed by atoms with Crippen molar-refractivity contribution in [3.8, 4) is 0 Å². The summed E-state index contributed by atoms with van der Waals surface area (Å²) in [6.07, 6.45) is 5.96. The largest absolute Gasteiger partial charge is 0.390 e. The van der Waals surface area contributed by atoms with Crippen molar-refractivity contribution < 1.29 is 9.90 Å². The predicted octanol–water partition coefficient (Wildman–Crippen LogP) is 2.40. The molecule has 0 aliphatic heterocycles. The molecule has 1 atom stereocenters. The van der Waals surface area contributed by atoms with E-state index in [9.17, 15) is 9.90 Å². The van der Waals surface area contributed by atoms with Crippen LogP contribution in [0.4, 0.5) is 0 Å². The first kappa shape index (κ1) is 16.7. The molecule has 0 saturated carbocycles. The molecule has 0 unspecified atom stereocenters. The minimum atomic E-state index is -0.692. The lowest BCUT2D eigenvalue weighted by Crippen LogP contribution is -2.38. The van der Waals surface area contributed by atoms with Gasteiger partial charge >= 0.3 is 0 Å². The lowest BCUT2D eigenvalue weighted by atomic mass is 9.93. The van der Waals surface area contributed by atoms with Crippen LogP contribution in [0.15, 0.2) is 30.5 Å². The number of fused-ring (bicyclic) bond motifs is 1. The van der Waals surface area contributed by atoms with Crippen LogP contribution in [-0.2, 0) is 19.3 Å². The summed E-state index contributed by atoms with van der Waals surface area (Å²) in [6.45, 7) is 3.60. The van der Waals surface area contributed by atoms with E-state index < -0.39 is 5.60 Å². The van der Waals surface area contributed by atoms with Gasteiger partial charge in [-0.3, -0.25) is 9.89 Å². The summed E-state index contributed by atoms with van der Waals surface area (Å²) < 4.78 is 0. The Labute approximate surface area is 142 Å². The van der Waals surface area contributed by atoms with Gasteiger partial charge in [0.25, 0.3) is 5.91 Å². The highest BCUT2D eigenvalue weighted by Crippen LogP contribution is 2.19. The molecule has 0 spiro atoms. The van der Waals surface area contributed by atoms with E-state index in [0.717, 1.165) is 31.2 Å². The average Bonchev–Trinajstić information content (AvgIpc) is 3.00. The zero-order valence-corrected chi connectivity index (χ0v) is 14.3. The molecular weight excluding hydrogens is 302 g/mol. The zero-order chi connectivity index (χ0) is 17.2. The van der Waals surface area contributed by atoms with Gasteiger partial charge in [-0.25, -0.2) is 0 Å². The summed E-state index contributed by atoms with van der Waals surface area (Å²) in [5.74, 6) is -0.0305. The molecular formula is C19H25N3O2. The van der Waals surface area contributed by atoms with Gasteiger partial charge in [0, 0.05) is 17.3 Å². The predicted molar refractivity (Wildman–Crippen MR) is 92.9 cm³/mol. The van der Waals surface area contributed by atoms with Crippen LogP contribution in [0.5, 0.6) is 0 Å². The number of aromatic amines is 1. The Morgan fingerprint density at radius 1 is 1.46 bits per heavy atom. The minimum absolute atomic E-state index is 0.0305. The molecule has 24 heavy (non-hydrogen) atoms. The van der Waals surface area contributed by atoms with E-state index in [4.69, 9.17) is 0 Å². The van der Waals surface area contributed by atoms with Gasteiger partial charge in [-0.15, -0.1) is 0 Å². The van der Waals surface area contributed by atoms with E-state index in [2.05, 4.69) is 15.5 Å². The van der Waals surface area contributed by atoms with Crippen molar-refractivity contribution in [3.63, 3.8) is 0 Å². The Hall–Kier alpha value is -2.14. The number of carbonyl (C=O) groups is 1. The fourth-order valence-electron chi connectivity index (χ4n) is 3.13. The average molecular weight is 327 g/mol. The number of hydrogen-bond acceptors (Lipinski definition) is 3. The zero-order valence-electron chi connectivity index (χ0n) is 14.3. The molecule has 3 rings (SSSR count). The SMILES string of the molecule is CC(C)(O)CCc1cccc(C(=O)N[C@@H]2CCc3[nH]ncc3C2)c1. The molecule has 1 aliphatic carbocycles. The third kappa shape index (κ3) is 4.23. The number of carbonyl (C=O) groups excluding carboxylic acids is 1. The molecule has 5 nitrogen and oxygen atoms in total. The van der Waals surface area contributed by atoms with Crippen molar-refractivity contribution in [2.45, 2.75) is 57.6 Å². The van der Waals surface area contributed by atoms with Crippen LogP contribution in [0.3, 0.4) is 0 Å². The van der Waals surface area contributed by atoms with Crippen LogP contribution in [0.25, 0.3) is 0 Å². The number of aromatic nitrogens is 2. The second-order valence-corrected chi connectivity index (χ2v) is 7.30. The van der Waals surface area contributed by atoms with Gasteiger partial charge in [0.05, 0.1) is 11.8 Å². The highest BCUT2D eigenvalue weighted by atomic mass is 16.3. The van der Waals surface area contributed by atoms with Crippen molar-refractivity contribution >= 4 is 5.91 Å². The van der Waals surface area contributed by atoms with E-state index >= 15 is 0 Å². The number of nitrogens with one attached hydrogen (secondary N) is 2. The van der Waals surface area contributed by atoms with Gasteiger partial charge in [-0.2, -0.15) is 5.10 Å². The Morgan fingerprint density at radius 3 is 3.08 bits per heavy atom. The molecule has 128 valence electrons. The van der Waals surface area contributed by atoms with E-state index in [1.807, 2.05) is 30.5 Å². The Balaban J connectivity index is 1.61. The highest BCUT2D eigenvalue weighted by Gasteiger charge is 2.22.